The third-order valence-corrected chi connectivity index (χ3v) is 3.90. The number of benzene rings is 1. The van der Waals surface area contributed by atoms with Crippen molar-refractivity contribution in [1.29, 1.82) is 0 Å². The number of aromatic nitrogens is 2. The minimum absolute atomic E-state index is 0.129. The number of aryl methyl sites for hydroxylation is 2. The fourth-order valence-corrected chi connectivity index (χ4v) is 2.67. The molecule has 0 radical (unpaired) electrons. The third-order valence-electron chi connectivity index (χ3n) is 3.90. The van der Waals surface area contributed by atoms with Gasteiger partial charge in [-0.15, -0.1) is 0 Å². The summed E-state index contributed by atoms with van der Waals surface area (Å²) in [6.45, 7) is 5.47. The maximum Gasteiger partial charge on any atom is 0.231 e. The zero-order valence-corrected chi connectivity index (χ0v) is 14.3. The van der Waals surface area contributed by atoms with Crippen LogP contribution in [0, 0.1) is 13.8 Å². The molecule has 0 fully saturated rings. The van der Waals surface area contributed by atoms with E-state index in [9.17, 15) is 4.79 Å². The Hall–Kier alpha value is -3.15. The summed E-state index contributed by atoms with van der Waals surface area (Å²) >= 11 is 0. The molecule has 6 heteroatoms. The molecule has 1 atom stereocenters. The smallest absolute Gasteiger partial charge is 0.231 e. The Bertz CT molecular complexity index is 855. The van der Waals surface area contributed by atoms with E-state index in [4.69, 9.17) is 9.26 Å². The van der Waals surface area contributed by atoms with Gasteiger partial charge < -0.3 is 14.6 Å². The molecular formula is C19H19N3O3. The Balaban J connectivity index is 1.72. The predicted octanol–water partition coefficient (Wildman–Crippen LogP) is 4.22. The van der Waals surface area contributed by atoms with Crippen molar-refractivity contribution in [2.45, 2.75) is 26.7 Å². The average molecular weight is 337 g/mol. The SMILES string of the molecule is Cc1noc(C)c1[C@H](C)C(=O)Nc1cccc(Oc2ccncc2)c1. The van der Waals surface area contributed by atoms with Crippen LogP contribution in [-0.4, -0.2) is 16.0 Å². The maximum absolute atomic E-state index is 12.6. The van der Waals surface area contributed by atoms with E-state index in [0.29, 0.717) is 22.9 Å². The summed E-state index contributed by atoms with van der Waals surface area (Å²) in [6.07, 6.45) is 3.32. The Morgan fingerprint density at radius 2 is 1.92 bits per heavy atom. The van der Waals surface area contributed by atoms with Crippen molar-refractivity contribution >= 4 is 11.6 Å². The second-order valence-corrected chi connectivity index (χ2v) is 5.76. The second kappa shape index (κ2) is 7.17. The lowest BCUT2D eigenvalue weighted by atomic mass is 9.98. The van der Waals surface area contributed by atoms with Gasteiger partial charge in [-0.3, -0.25) is 9.78 Å². The number of nitrogens with one attached hydrogen (secondary N) is 1. The van der Waals surface area contributed by atoms with Crippen molar-refractivity contribution < 1.29 is 14.1 Å². The molecule has 2 heterocycles. The largest absolute Gasteiger partial charge is 0.457 e. The Morgan fingerprint density at radius 3 is 2.60 bits per heavy atom. The molecule has 0 aliphatic rings. The number of pyridine rings is 1. The fourth-order valence-electron chi connectivity index (χ4n) is 2.67. The highest BCUT2D eigenvalue weighted by atomic mass is 16.5. The topological polar surface area (TPSA) is 77.2 Å². The minimum Gasteiger partial charge on any atom is -0.457 e. The number of carbonyl (C=O) groups excluding carboxylic acids is 1. The summed E-state index contributed by atoms with van der Waals surface area (Å²) in [6, 6.07) is 10.8. The van der Waals surface area contributed by atoms with Crippen LogP contribution in [0.2, 0.25) is 0 Å². The van der Waals surface area contributed by atoms with Crippen LogP contribution in [0.5, 0.6) is 11.5 Å². The van der Waals surface area contributed by atoms with Gasteiger partial charge in [-0.05, 0) is 45.0 Å². The first-order chi connectivity index (χ1) is 12.0. The summed E-state index contributed by atoms with van der Waals surface area (Å²) < 4.78 is 10.9. The van der Waals surface area contributed by atoms with Gasteiger partial charge in [-0.1, -0.05) is 11.2 Å². The number of rotatable bonds is 5. The number of anilines is 1. The summed E-state index contributed by atoms with van der Waals surface area (Å²) in [5.74, 6) is 1.48. The molecule has 0 aliphatic carbocycles. The summed E-state index contributed by atoms with van der Waals surface area (Å²) in [5, 5.41) is 6.82. The molecule has 0 saturated heterocycles. The highest BCUT2D eigenvalue weighted by Gasteiger charge is 2.23. The van der Waals surface area contributed by atoms with Gasteiger partial charge in [0.05, 0.1) is 11.6 Å². The molecule has 1 N–H and O–H groups in total. The van der Waals surface area contributed by atoms with E-state index in [1.54, 1.807) is 30.6 Å². The molecule has 2 aromatic heterocycles. The van der Waals surface area contributed by atoms with E-state index in [0.717, 1.165) is 11.3 Å². The highest BCUT2D eigenvalue weighted by molar-refractivity contribution is 5.96. The lowest BCUT2D eigenvalue weighted by molar-refractivity contribution is -0.117. The lowest BCUT2D eigenvalue weighted by Gasteiger charge is -2.13. The van der Waals surface area contributed by atoms with E-state index in [1.165, 1.54) is 0 Å². The van der Waals surface area contributed by atoms with Crippen LogP contribution in [0.3, 0.4) is 0 Å². The normalized spacial score (nSPS) is 11.8. The Labute approximate surface area is 145 Å². The molecular weight excluding hydrogens is 318 g/mol. The van der Waals surface area contributed by atoms with Gasteiger partial charge in [0.25, 0.3) is 0 Å². The number of carbonyl (C=O) groups is 1. The van der Waals surface area contributed by atoms with Crippen molar-refractivity contribution in [2.24, 2.45) is 0 Å². The first kappa shape index (κ1) is 16.7. The quantitative estimate of drug-likeness (QED) is 0.754. The molecule has 0 unspecified atom stereocenters. The number of amides is 1. The van der Waals surface area contributed by atoms with Crippen LogP contribution in [0.1, 0.15) is 29.9 Å². The first-order valence-corrected chi connectivity index (χ1v) is 7.96. The monoisotopic (exact) mass is 337 g/mol. The standard InChI is InChI=1S/C19H19N3O3/c1-12(18-13(2)22-25-14(18)3)19(23)21-15-5-4-6-17(11-15)24-16-7-9-20-10-8-16/h4-12H,1-3H3,(H,21,23)/t12-/m0/s1. The van der Waals surface area contributed by atoms with Crippen LogP contribution in [0.15, 0.2) is 53.3 Å². The maximum atomic E-state index is 12.6. The number of hydrogen-bond donors (Lipinski definition) is 1. The Morgan fingerprint density at radius 1 is 1.16 bits per heavy atom. The van der Waals surface area contributed by atoms with Crippen molar-refractivity contribution in [1.82, 2.24) is 10.1 Å². The fraction of sp³-hybridized carbons (Fsp3) is 0.211. The molecule has 25 heavy (non-hydrogen) atoms. The average Bonchev–Trinajstić information content (AvgIpc) is 2.94. The molecule has 128 valence electrons. The lowest BCUT2D eigenvalue weighted by Crippen LogP contribution is -2.19. The van der Waals surface area contributed by atoms with E-state index in [1.807, 2.05) is 39.0 Å². The zero-order chi connectivity index (χ0) is 17.8. The van der Waals surface area contributed by atoms with Crippen LogP contribution in [0.4, 0.5) is 5.69 Å². The van der Waals surface area contributed by atoms with E-state index in [-0.39, 0.29) is 11.8 Å². The number of hydrogen-bond acceptors (Lipinski definition) is 5. The number of ether oxygens (including phenoxy) is 1. The molecule has 1 amide bonds. The van der Waals surface area contributed by atoms with Gasteiger partial charge in [0.15, 0.2) is 0 Å². The van der Waals surface area contributed by atoms with Crippen LogP contribution in [-0.2, 0) is 4.79 Å². The van der Waals surface area contributed by atoms with Crippen molar-refractivity contribution in [2.75, 3.05) is 5.32 Å². The van der Waals surface area contributed by atoms with Gasteiger partial charge in [0, 0.05) is 29.7 Å². The third kappa shape index (κ3) is 3.85. The van der Waals surface area contributed by atoms with Crippen molar-refractivity contribution in [3.8, 4) is 11.5 Å². The van der Waals surface area contributed by atoms with Crippen molar-refractivity contribution in [3.63, 3.8) is 0 Å². The molecule has 3 rings (SSSR count). The molecule has 3 aromatic rings. The number of nitrogens with zero attached hydrogens (tertiary/aromatic N) is 2. The Kier molecular flexibility index (Phi) is 4.79. The second-order valence-electron chi connectivity index (χ2n) is 5.76. The van der Waals surface area contributed by atoms with Gasteiger partial charge >= 0.3 is 0 Å². The molecule has 0 aliphatic heterocycles. The van der Waals surface area contributed by atoms with Gasteiger partial charge in [-0.25, -0.2) is 0 Å². The summed E-state index contributed by atoms with van der Waals surface area (Å²) in [7, 11) is 0. The van der Waals surface area contributed by atoms with E-state index >= 15 is 0 Å². The first-order valence-electron chi connectivity index (χ1n) is 7.96. The van der Waals surface area contributed by atoms with Gasteiger partial charge in [-0.2, -0.15) is 0 Å². The van der Waals surface area contributed by atoms with Gasteiger partial charge in [0.2, 0.25) is 5.91 Å². The van der Waals surface area contributed by atoms with Crippen molar-refractivity contribution in [3.05, 3.63) is 65.8 Å². The van der Waals surface area contributed by atoms with Crippen LogP contribution in [0.25, 0.3) is 0 Å². The highest BCUT2D eigenvalue weighted by Crippen LogP contribution is 2.27. The predicted molar refractivity (Wildman–Crippen MR) is 93.8 cm³/mol. The summed E-state index contributed by atoms with van der Waals surface area (Å²) in [4.78, 5) is 16.5. The molecule has 0 bridgehead atoms. The van der Waals surface area contributed by atoms with E-state index in [2.05, 4.69) is 15.5 Å². The minimum atomic E-state index is -0.365. The molecule has 0 saturated carbocycles. The van der Waals surface area contributed by atoms with Crippen LogP contribution >= 0.6 is 0 Å². The molecule has 6 nitrogen and oxygen atoms in total. The zero-order valence-electron chi connectivity index (χ0n) is 14.3. The summed E-state index contributed by atoms with van der Waals surface area (Å²) in [5.41, 5.74) is 2.21. The van der Waals surface area contributed by atoms with E-state index < -0.39 is 0 Å². The molecule has 0 spiro atoms. The van der Waals surface area contributed by atoms with Gasteiger partial charge in [0.1, 0.15) is 17.3 Å². The van der Waals surface area contributed by atoms with Crippen LogP contribution < -0.4 is 10.1 Å². The molecule has 1 aromatic carbocycles.